The summed E-state index contributed by atoms with van der Waals surface area (Å²) in [7, 11) is 1.91. The number of hydrogen-bond donors (Lipinski definition) is 0. The fourth-order valence-electron chi connectivity index (χ4n) is 4.49. The predicted octanol–water partition coefficient (Wildman–Crippen LogP) is 4.82. The second-order valence-electron chi connectivity index (χ2n) is 8.07. The zero-order chi connectivity index (χ0) is 19.6. The summed E-state index contributed by atoms with van der Waals surface area (Å²) in [6, 6.07) is 6.27. The number of nitrogens with zero attached hydrogens (tertiary/aromatic N) is 4. The lowest BCUT2D eigenvalue weighted by molar-refractivity contribution is 0.0986. The van der Waals surface area contributed by atoms with Crippen molar-refractivity contribution in [1.82, 2.24) is 14.8 Å². The third-order valence-corrected chi connectivity index (χ3v) is 6.36. The highest BCUT2D eigenvalue weighted by Gasteiger charge is 2.31. The van der Waals surface area contributed by atoms with E-state index in [1.807, 2.05) is 24.9 Å². The largest absolute Gasteiger partial charge is 0.308 e. The molecule has 1 aromatic carbocycles. The molecule has 0 spiro atoms. The zero-order valence-electron chi connectivity index (χ0n) is 16.4. The molecule has 5 nitrogen and oxygen atoms in total. The molecule has 0 radical (unpaired) electrons. The van der Waals surface area contributed by atoms with Crippen molar-refractivity contribution in [3.63, 3.8) is 0 Å². The summed E-state index contributed by atoms with van der Waals surface area (Å²) < 4.78 is 2.88. The van der Waals surface area contributed by atoms with Gasteiger partial charge in [-0.25, -0.2) is 4.98 Å². The first-order valence-corrected chi connectivity index (χ1v) is 10.7. The number of aromatic nitrogens is 3. The molecule has 3 aromatic rings. The molecule has 1 aliphatic heterocycles. The van der Waals surface area contributed by atoms with Gasteiger partial charge in [0, 0.05) is 29.7 Å². The van der Waals surface area contributed by atoms with Gasteiger partial charge in [0.25, 0.3) is 5.91 Å². The number of fused-ring (bicyclic) bond motifs is 2. The van der Waals surface area contributed by atoms with Crippen LogP contribution in [0.25, 0.3) is 11.0 Å². The molecule has 3 heterocycles. The summed E-state index contributed by atoms with van der Waals surface area (Å²) in [5.41, 5.74) is 6.89. The van der Waals surface area contributed by atoms with Gasteiger partial charge in [0.2, 0.25) is 0 Å². The van der Waals surface area contributed by atoms with Crippen molar-refractivity contribution in [2.45, 2.75) is 45.4 Å². The van der Waals surface area contributed by atoms with Gasteiger partial charge < -0.3 is 4.90 Å². The Labute approximate surface area is 172 Å². The van der Waals surface area contributed by atoms with Gasteiger partial charge >= 0.3 is 0 Å². The Bertz CT molecular complexity index is 1130. The molecule has 2 aliphatic rings. The lowest BCUT2D eigenvalue weighted by atomic mass is 9.96. The van der Waals surface area contributed by atoms with Crippen molar-refractivity contribution in [2.75, 3.05) is 11.4 Å². The van der Waals surface area contributed by atoms with Crippen LogP contribution in [0.15, 0.2) is 22.7 Å². The standard InChI is InChI=1S/C22H23BrN4O/c1-12-9-16(23)10-15-5-4-8-27(20(12)15)22(28)17-11-18(14-6-7-14)24-21-19(17)13(2)25-26(21)3/h9-11,14H,4-8H2,1-3H3. The van der Waals surface area contributed by atoms with Crippen LogP contribution in [0.3, 0.4) is 0 Å². The van der Waals surface area contributed by atoms with E-state index in [2.05, 4.69) is 40.1 Å². The van der Waals surface area contributed by atoms with Gasteiger partial charge in [-0.3, -0.25) is 9.48 Å². The van der Waals surface area contributed by atoms with Gasteiger partial charge in [0.05, 0.1) is 22.3 Å². The number of aryl methyl sites for hydroxylation is 4. The Morgan fingerprint density at radius 3 is 2.75 bits per heavy atom. The molecular formula is C22H23BrN4O. The topological polar surface area (TPSA) is 51.0 Å². The second-order valence-corrected chi connectivity index (χ2v) is 8.98. The van der Waals surface area contributed by atoms with Crippen LogP contribution in [0.4, 0.5) is 5.69 Å². The normalized spacial score (nSPS) is 16.5. The predicted molar refractivity (Wildman–Crippen MR) is 114 cm³/mol. The number of halogens is 1. The fourth-order valence-corrected chi connectivity index (χ4v) is 5.11. The first-order valence-electron chi connectivity index (χ1n) is 9.89. The Morgan fingerprint density at radius 1 is 1.21 bits per heavy atom. The van der Waals surface area contributed by atoms with E-state index in [4.69, 9.17) is 4.98 Å². The maximum atomic E-state index is 13.8. The van der Waals surface area contributed by atoms with E-state index in [1.54, 1.807) is 4.68 Å². The molecule has 5 rings (SSSR count). The smallest absolute Gasteiger partial charge is 0.259 e. The number of amides is 1. The number of hydrogen-bond acceptors (Lipinski definition) is 3. The van der Waals surface area contributed by atoms with Gasteiger partial charge in [0.15, 0.2) is 5.65 Å². The zero-order valence-corrected chi connectivity index (χ0v) is 18.0. The van der Waals surface area contributed by atoms with Crippen LogP contribution in [0.2, 0.25) is 0 Å². The number of rotatable bonds is 2. The quantitative estimate of drug-likeness (QED) is 0.576. The third kappa shape index (κ3) is 2.77. The van der Waals surface area contributed by atoms with Gasteiger partial charge in [-0.1, -0.05) is 15.9 Å². The van der Waals surface area contributed by atoms with Crippen LogP contribution in [0.1, 0.15) is 58.1 Å². The van der Waals surface area contributed by atoms with Crippen molar-refractivity contribution in [3.8, 4) is 0 Å². The van der Waals surface area contributed by atoms with Crippen LogP contribution in [-0.2, 0) is 13.5 Å². The molecule has 144 valence electrons. The molecule has 28 heavy (non-hydrogen) atoms. The van der Waals surface area contributed by atoms with Crippen LogP contribution >= 0.6 is 15.9 Å². The first-order chi connectivity index (χ1) is 13.4. The van der Waals surface area contributed by atoms with E-state index in [0.717, 1.165) is 75.9 Å². The van der Waals surface area contributed by atoms with Gasteiger partial charge in [-0.15, -0.1) is 0 Å². The van der Waals surface area contributed by atoms with Crippen molar-refractivity contribution < 1.29 is 4.79 Å². The van der Waals surface area contributed by atoms with Crippen LogP contribution in [0.5, 0.6) is 0 Å². The minimum Gasteiger partial charge on any atom is -0.308 e. The SMILES string of the molecule is Cc1cc(Br)cc2c1N(C(=O)c1cc(C3CC3)nc3c1c(C)nn3C)CCC2. The summed E-state index contributed by atoms with van der Waals surface area (Å²) in [6.45, 7) is 4.79. The van der Waals surface area contributed by atoms with Crippen LogP contribution in [0, 0.1) is 13.8 Å². The molecule has 0 saturated heterocycles. The van der Waals surface area contributed by atoms with E-state index in [9.17, 15) is 4.79 Å². The van der Waals surface area contributed by atoms with Crippen molar-refractivity contribution in [3.05, 3.63) is 50.8 Å². The number of carbonyl (C=O) groups excluding carboxylic acids is 1. The van der Waals surface area contributed by atoms with Crippen LogP contribution in [-0.4, -0.2) is 27.2 Å². The number of pyridine rings is 1. The molecule has 0 bridgehead atoms. The summed E-state index contributed by atoms with van der Waals surface area (Å²) >= 11 is 3.60. The number of anilines is 1. The Morgan fingerprint density at radius 2 is 2.00 bits per heavy atom. The maximum absolute atomic E-state index is 13.8. The average molecular weight is 439 g/mol. The lowest BCUT2D eigenvalue weighted by Gasteiger charge is -2.31. The maximum Gasteiger partial charge on any atom is 0.259 e. The monoisotopic (exact) mass is 438 g/mol. The second kappa shape index (κ2) is 6.41. The molecule has 1 aliphatic carbocycles. The van der Waals surface area contributed by atoms with E-state index < -0.39 is 0 Å². The highest BCUT2D eigenvalue weighted by atomic mass is 79.9. The minimum atomic E-state index is 0.0665. The molecule has 2 aromatic heterocycles. The number of benzene rings is 1. The summed E-state index contributed by atoms with van der Waals surface area (Å²) in [5.74, 6) is 0.550. The average Bonchev–Trinajstić information content (AvgIpc) is 3.46. The highest BCUT2D eigenvalue weighted by Crippen LogP contribution is 2.41. The van der Waals surface area contributed by atoms with Crippen LogP contribution < -0.4 is 4.90 Å². The molecule has 6 heteroatoms. The van der Waals surface area contributed by atoms with E-state index in [-0.39, 0.29) is 5.91 Å². The molecule has 1 fully saturated rings. The fraction of sp³-hybridized carbons (Fsp3) is 0.409. The minimum absolute atomic E-state index is 0.0665. The molecule has 0 atom stereocenters. The summed E-state index contributed by atoms with van der Waals surface area (Å²) in [6.07, 6.45) is 4.29. The Hall–Kier alpha value is -2.21. The summed E-state index contributed by atoms with van der Waals surface area (Å²) in [4.78, 5) is 20.6. The number of carbonyl (C=O) groups is 1. The highest BCUT2D eigenvalue weighted by molar-refractivity contribution is 9.10. The lowest BCUT2D eigenvalue weighted by Crippen LogP contribution is -2.36. The van der Waals surface area contributed by atoms with Gasteiger partial charge in [-0.2, -0.15) is 5.10 Å². The first kappa shape index (κ1) is 17.9. The molecule has 0 unspecified atom stereocenters. The third-order valence-electron chi connectivity index (χ3n) is 5.90. The molecule has 1 amide bonds. The van der Waals surface area contributed by atoms with Gasteiger partial charge in [-0.05, 0) is 68.9 Å². The van der Waals surface area contributed by atoms with E-state index >= 15 is 0 Å². The Balaban J connectivity index is 1.69. The van der Waals surface area contributed by atoms with Crippen molar-refractivity contribution >= 4 is 38.6 Å². The Kier molecular flexibility index (Phi) is 4.09. The van der Waals surface area contributed by atoms with Crippen molar-refractivity contribution in [2.24, 2.45) is 7.05 Å². The van der Waals surface area contributed by atoms with Crippen molar-refractivity contribution in [1.29, 1.82) is 0 Å². The molecular weight excluding hydrogens is 416 g/mol. The summed E-state index contributed by atoms with van der Waals surface area (Å²) in [5, 5.41) is 5.44. The molecule has 0 N–H and O–H groups in total. The molecule has 1 saturated carbocycles. The van der Waals surface area contributed by atoms with E-state index in [0.29, 0.717) is 5.92 Å². The van der Waals surface area contributed by atoms with Gasteiger partial charge in [0.1, 0.15) is 0 Å². The van der Waals surface area contributed by atoms with E-state index in [1.165, 1.54) is 5.56 Å².